The normalized spacial score (nSPS) is 11.7. The molecule has 74 valence electrons. The van der Waals surface area contributed by atoms with Crippen LogP contribution in [-0.4, -0.2) is 17.4 Å². The molecule has 0 aromatic carbocycles. The largest absolute Gasteiger partial charge is 0.460 e. The Morgan fingerprint density at radius 1 is 1.31 bits per heavy atom. The van der Waals surface area contributed by atoms with Crippen LogP contribution in [0.4, 0.5) is 0 Å². The van der Waals surface area contributed by atoms with Gasteiger partial charge in [-0.25, -0.2) is 0 Å². The maximum Gasteiger partial charge on any atom is 0.310 e. The number of esters is 1. The van der Waals surface area contributed by atoms with Gasteiger partial charge < -0.3 is 4.74 Å². The fraction of sp³-hybridized carbons (Fsp3) is 0.600. The first kappa shape index (κ1) is 11.9. The molecule has 0 bridgehead atoms. The zero-order valence-corrected chi connectivity index (χ0v) is 8.59. The summed E-state index contributed by atoms with van der Waals surface area (Å²) < 4.78 is 5.02. The van der Waals surface area contributed by atoms with E-state index >= 15 is 0 Å². The second-order valence-electron chi connectivity index (χ2n) is 3.80. The molecule has 0 aromatic heterocycles. The van der Waals surface area contributed by atoms with Crippen LogP contribution in [0.25, 0.3) is 0 Å². The molecule has 0 fully saturated rings. The molecule has 0 aliphatic heterocycles. The van der Waals surface area contributed by atoms with E-state index in [4.69, 9.17) is 4.74 Å². The van der Waals surface area contributed by atoms with Gasteiger partial charge in [-0.1, -0.05) is 6.08 Å². The molecule has 0 unspecified atom stereocenters. The minimum Gasteiger partial charge on any atom is -0.460 e. The van der Waals surface area contributed by atoms with Crippen molar-refractivity contribution in [2.45, 2.75) is 39.7 Å². The van der Waals surface area contributed by atoms with Gasteiger partial charge in [0.05, 0.1) is 6.42 Å². The molecule has 0 saturated carbocycles. The van der Waals surface area contributed by atoms with Crippen LogP contribution in [0, 0.1) is 0 Å². The fourth-order valence-electron chi connectivity index (χ4n) is 0.704. The first-order chi connectivity index (χ1) is 5.81. The van der Waals surface area contributed by atoms with Gasteiger partial charge in [-0.15, -0.1) is 0 Å². The Labute approximate surface area is 78.8 Å². The minimum absolute atomic E-state index is 0.0661. The molecule has 0 N–H and O–H groups in total. The molecule has 0 amide bonds. The van der Waals surface area contributed by atoms with E-state index in [-0.39, 0.29) is 18.2 Å². The molecule has 0 rings (SSSR count). The van der Waals surface area contributed by atoms with Gasteiger partial charge in [-0.2, -0.15) is 0 Å². The summed E-state index contributed by atoms with van der Waals surface area (Å²) >= 11 is 0. The van der Waals surface area contributed by atoms with Crippen molar-refractivity contribution in [3.63, 3.8) is 0 Å². The molecule has 3 nitrogen and oxygen atoms in total. The van der Waals surface area contributed by atoms with E-state index in [1.807, 2.05) is 0 Å². The van der Waals surface area contributed by atoms with Crippen molar-refractivity contribution in [1.82, 2.24) is 0 Å². The molecule has 3 heteroatoms. The van der Waals surface area contributed by atoms with Gasteiger partial charge in [0.25, 0.3) is 0 Å². The lowest BCUT2D eigenvalue weighted by atomic mass is 10.2. The average Bonchev–Trinajstić information content (AvgIpc) is 1.81. The van der Waals surface area contributed by atoms with Crippen LogP contribution >= 0.6 is 0 Å². The highest BCUT2D eigenvalue weighted by molar-refractivity contribution is 5.87. The maximum atomic E-state index is 11.1. The average molecular weight is 184 g/mol. The Balaban J connectivity index is 3.83. The molecule has 0 saturated heterocycles. The second-order valence-corrected chi connectivity index (χ2v) is 3.80. The van der Waals surface area contributed by atoms with Gasteiger partial charge in [0.15, 0.2) is 5.78 Å². The topological polar surface area (TPSA) is 43.4 Å². The third-order valence-electron chi connectivity index (χ3n) is 1.06. The lowest BCUT2D eigenvalue weighted by molar-refractivity contribution is -0.153. The summed E-state index contributed by atoms with van der Waals surface area (Å²) in [6.45, 7) is 6.85. The fourth-order valence-corrected chi connectivity index (χ4v) is 0.704. The highest BCUT2D eigenvalue weighted by Crippen LogP contribution is 2.08. The number of hydrogen-bond acceptors (Lipinski definition) is 3. The summed E-state index contributed by atoms with van der Waals surface area (Å²) in [6.07, 6.45) is 3.02. The number of hydrogen-bond donors (Lipinski definition) is 0. The Hall–Kier alpha value is -1.12. The van der Waals surface area contributed by atoms with Gasteiger partial charge >= 0.3 is 5.97 Å². The van der Waals surface area contributed by atoms with Gasteiger partial charge in [0.1, 0.15) is 5.60 Å². The Kier molecular flexibility index (Phi) is 4.38. The van der Waals surface area contributed by atoms with Crippen molar-refractivity contribution in [3.8, 4) is 0 Å². The minimum atomic E-state index is -0.457. The molecule has 0 heterocycles. The molecule has 0 radical (unpaired) electrons. The first-order valence-electron chi connectivity index (χ1n) is 4.20. The van der Waals surface area contributed by atoms with Crippen molar-refractivity contribution >= 4 is 11.8 Å². The predicted molar refractivity (Wildman–Crippen MR) is 50.3 cm³/mol. The van der Waals surface area contributed by atoms with Crippen LogP contribution in [0.2, 0.25) is 0 Å². The zero-order chi connectivity index (χ0) is 10.5. The third-order valence-corrected chi connectivity index (χ3v) is 1.06. The Morgan fingerprint density at radius 2 is 1.85 bits per heavy atom. The van der Waals surface area contributed by atoms with Crippen LogP contribution < -0.4 is 0 Å². The van der Waals surface area contributed by atoms with Crippen LogP contribution in [0.3, 0.4) is 0 Å². The summed E-state index contributed by atoms with van der Waals surface area (Å²) in [5, 5.41) is 0. The molecule has 0 aliphatic rings. The van der Waals surface area contributed by atoms with Crippen molar-refractivity contribution in [2.24, 2.45) is 0 Å². The van der Waals surface area contributed by atoms with E-state index in [1.54, 1.807) is 20.8 Å². The molecule has 0 spiro atoms. The standard InChI is InChI=1S/C10H16O3/c1-8(11)6-5-7-9(12)13-10(2,3)4/h5-6H,7H2,1-4H3/b6-5+. The van der Waals surface area contributed by atoms with Gasteiger partial charge in [-0.05, 0) is 33.8 Å². The van der Waals surface area contributed by atoms with Crippen LogP contribution in [0.5, 0.6) is 0 Å². The van der Waals surface area contributed by atoms with E-state index in [1.165, 1.54) is 19.1 Å². The maximum absolute atomic E-state index is 11.1. The molecular formula is C10H16O3. The van der Waals surface area contributed by atoms with Crippen molar-refractivity contribution in [3.05, 3.63) is 12.2 Å². The number of carbonyl (C=O) groups excluding carboxylic acids is 2. The van der Waals surface area contributed by atoms with Crippen molar-refractivity contribution < 1.29 is 14.3 Å². The lowest BCUT2D eigenvalue weighted by Crippen LogP contribution is -2.23. The molecule has 0 aromatic rings. The second kappa shape index (κ2) is 4.80. The van der Waals surface area contributed by atoms with Crippen molar-refractivity contribution in [1.29, 1.82) is 0 Å². The third kappa shape index (κ3) is 8.79. The highest BCUT2D eigenvalue weighted by atomic mass is 16.6. The SMILES string of the molecule is CC(=O)/C=C/CC(=O)OC(C)(C)C. The lowest BCUT2D eigenvalue weighted by Gasteiger charge is -2.18. The highest BCUT2D eigenvalue weighted by Gasteiger charge is 2.14. The van der Waals surface area contributed by atoms with E-state index in [0.29, 0.717) is 0 Å². The molecule has 0 atom stereocenters. The number of rotatable bonds is 3. The summed E-state index contributed by atoms with van der Waals surface area (Å²) in [7, 11) is 0. The first-order valence-corrected chi connectivity index (χ1v) is 4.20. The van der Waals surface area contributed by atoms with Gasteiger partial charge in [-0.3, -0.25) is 9.59 Å². The number of ether oxygens (including phenoxy) is 1. The van der Waals surface area contributed by atoms with E-state index < -0.39 is 5.60 Å². The number of ketones is 1. The van der Waals surface area contributed by atoms with Crippen LogP contribution in [0.15, 0.2) is 12.2 Å². The summed E-state index contributed by atoms with van der Waals surface area (Å²) in [5.74, 6) is -0.381. The monoisotopic (exact) mass is 184 g/mol. The van der Waals surface area contributed by atoms with Crippen LogP contribution in [0.1, 0.15) is 34.1 Å². The summed E-state index contributed by atoms with van der Waals surface area (Å²) in [6, 6.07) is 0. The molecular weight excluding hydrogens is 168 g/mol. The van der Waals surface area contributed by atoms with E-state index in [0.717, 1.165) is 0 Å². The summed E-state index contributed by atoms with van der Waals surface area (Å²) in [4.78, 5) is 21.5. The molecule has 13 heavy (non-hydrogen) atoms. The van der Waals surface area contributed by atoms with Crippen molar-refractivity contribution in [2.75, 3.05) is 0 Å². The van der Waals surface area contributed by atoms with Crippen LogP contribution in [-0.2, 0) is 14.3 Å². The van der Waals surface area contributed by atoms with E-state index in [9.17, 15) is 9.59 Å². The van der Waals surface area contributed by atoms with Gasteiger partial charge in [0, 0.05) is 0 Å². The summed E-state index contributed by atoms with van der Waals surface area (Å²) in [5.41, 5.74) is -0.457. The molecule has 0 aliphatic carbocycles. The predicted octanol–water partition coefficient (Wildman–Crippen LogP) is 1.86. The number of carbonyl (C=O) groups is 2. The zero-order valence-electron chi connectivity index (χ0n) is 8.59. The Morgan fingerprint density at radius 3 is 2.23 bits per heavy atom. The smallest absolute Gasteiger partial charge is 0.310 e. The quantitative estimate of drug-likeness (QED) is 0.496. The number of allylic oxidation sites excluding steroid dienone is 1. The Bertz CT molecular complexity index is 221. The van der Waals surface area contributed by atoms with Gasteiger partial charge in [0.2, 0.25) is 0 Å². The van der Waals surface area contributed by atoms with E-state index in [2.05, 4.69) is 0 Å².